The second-order valence-corrected chi connectivity index (χ2v) is 7.69. The predicted octanol–water partition coefficient (Wildman–Crippen LogP) is -1.93. The summed E-state index contributed by atoms with van der Waals surface area (Å²) in [6.07, 6.45) is -10.4. The molecule has 2 fully saturated rings. The van der Waals surface area contributed by atoms with Gasteiger partial charge in [0.05, 0.1) is 20.3 Å². The minimum Gasteiger partial charge on any atom is -0.493 e. The van der Waals surface area contributed by atoms with Gasteiger partial charge in [0.2, 0.25) is 6.29 Å². The second kappa shape index (κ2) is 10.9. The first-order valence-corrected chi connectivity index (χ1v) is 10.2. The van der Waals surface area contributed by atoms with E-state index < -0.39 is 55.3 Å². The molecule has 11 heteroatoms. The third kappa shape index (κ3) is 5.39. The Balaban J connectivity index is 1.67. The van der Waals surface area contributed by atoms with Gasteiger partial charge in [0.25, 0.3) is 0 Å². The molecule has 32 heavy (non-hydrogen) atoms. The standard InChI is InChI=1S/C21H30O11/c1-3-4-10-5-6-12(13(7-10)28-2)31-21-19(27)17(25)16(24)14(32-21)9-30-20-18(26)15(23)11(22)8-29-20/h3,5-7,11,14-27H,1,4,8-9H2,2H3/t11-,14-,15-,16-,17-,18-,19-,20+,21-/m1/s1. The van der Waals surface area contributed by atoms with E-state index in [1.54, 1.807) is 24.3 Å². The number of methoxy groups -OCH3 is 1. The molecule has 2 heterocycles. The SMILES string of the molecule is C=CCc1ccc(O[C@@H]2O[C@H](CO[C@@H]3OC[C@@H](O)[C@@H](O)[C@H]3O)[C@@H](O)[C@@H](O)[C@H]2O)c(OC)c1. The zero-order valence-electron chi connectivity index (χ0n) is 17.6. The van der Waals surface area contributed by atoms with Gasteiger partial charge in [0.15, 0.2) is 17.8 Å². The van der Waals surface area contributed by atoms with Gasteiger partial charge in [-0.3, -0.25) is 0 Å². The number of ether oxygens (including phenoxy) is 5. The number of aliphatic hydroxyl groups excluding tert-OH is 6. The molecule has 180 valence electrons. The molecule has 0 unspecified atom stereocenters. The Morgan fingerprint density at radius 2 is 1.69 bits per heavy atom. The molecule has 0 saturated carbocycles. The minimum atomic E-state index is -1.61. The van der Waals surface area contributed by atoms with E-state index in [9.17, 15) is 30.6 Å². The van der Waals surface area contributed by atoms with Crippen molar-refractivity contribution in [2.45, 2.75) is 61.7 Å². The van der Waals surface area contributed by atoms with Gasteiger partial charge in [-0.25, -0.2) is 0 Å². The number of hydrogen-bond acceptors (Lipinski definition) is 11. The highest BCUT2D eigenvalue weighted by Gasteiger charge is 2.46. The average Bonchev–Trinajstić information content (AvgIpc) is 2.79. The van der Waals surface area contributed by atoms with E-state index in [0.717, 1.165) is 5.56 Å². The van der Waals surface area contributed by atoms with Crippen LogP contribution in [0.5, 0.6) is 11.5 Å². The lowest BCUT2D eigenvalue weighted by atomic mass is 9.99. The maximum absolute atomic E-state index is 10.3. The van der Waals surface area contributed by atoms with Crippen LogP contribution in [0.4, 0.5) is 0 Å². The van der Waals surface area contributed by atoms with E-state index in [-0.39, 0.29) is 19.0 Å². The minimum absolute atomic E-state index is 0.246. The van der Waals surface area contributed by atoms with Crippen LogP contribution in [-0.2, 0) is 20.6 Å². The third-order valence-electron chi connectivity index (χ3n) is 5.40. The van der Waals surface area contributed by atoms with Crippen molar-refractivity contribution in [1.29, 1.82) is 0 Å². The van der Waals surface area contributed by atoms with Crippen LogP contribution in [0.25, 0.3) is 0 Å². The Bertz CT molecular complexity index is 759. The van der Waals surface area contributed by atoms with Crippen molar-refractivity contribution in [2.75, 3.05) is 20.3 Å². The maximum atomic E-state index is 10.3. The normalized spacial score (nSPS) is 37.7. The molecule has 1 aromatic carbocycles. The number of aliphatic hydroxyl groups is 6. The van der Waals surface area contributed by atoms with Crippen molar-refractivity contribution < 1.29 is 54.3 Å². The first-order valence-electron chi connectivity index (χ1n) is 10.2. The fraction of sp³-hybridized carbons (Fsp3) is 0.619. The van der Waals surface area contributed by atoms with Gasteiger partial charge in [-0.05, 0) is 24.1 Å². The largest absolute Gasteiger partial charge is 0.493 e. The Kier molecular flexibility index (Phi) is 8.44. The molecule has 0 aromatic heterocycles. The molecule has 2 aliphatic rings. The highest BCUT2D eigenvalue weighted by Crippen LogP contribution is 2.32. The lowest BCUT2D eigenvalue weighted by molar-refractivity contribution is -0.307. The van der Waals surface area contributed by atoms with Crippen LogP contribution in [0.2, 0.25) is 0 Å². The number of hydrogen-bond donors (Lipinski definition) is 6. The number of benzene rings is 1. The molecule has 0 amide bonds. The van der Waals surface area contributed by atoms with Gasteiger partial charge < -0.3 is 54.3 Å². The predicted molar refractivity (Wildman–Crippen MR) is 108 cm³/mol. The van der Waals surface area contributed by atoms with Gasteiger partial charge in [-0.15, -0.1) is 6.58 Å². The van der Waals surface area contributed by atoms with E-state index in [1.165, 1.54) is 7.11 Å². The first kappa shape index (κ1) is 24.8. The zero-order chi connectivity index (χ0) is 23.4. The quantitative estimate of drug-likeness (QED) is 0.240. The Hall–Kier alpha value is -1.80. The average molecular weight is 458 g/mol. The molecular formula is C21H30O11. The van der Waals surface area contributed by atoms with Crippen molar-refractivity contribution in [3.8, 4) is 11.5 Å². The van der Waals surface area contributed by atoms with Crippen molar-refractivity contribution in [1.82, 2.24) is 0 Å². The van der Waals surface area contributed by atoms with E-state index in [1.807, 2.05) is 0 Å². The van der Waals surface area contributed by atoms with Gasteiger partial charge in [-0.2, -0.15) is 0 Å². The molecule has 11 nitrogen and oxygen atoms in total. The molecule has 0 radical (unpaired) electrons. The summed E-state index contributed by atoms with van der Waals surface area (Å²) in [5.74, 6) is 0.621. The van der Waals surface area contributed by atoms with E-state index in [2.05, 4.69) is 6.58 Å². The maximum Gasteiger partial charge on any atom is 0.229 e. The Morgan fingerprint density at radius 3 is 2.38 bits per heavy atom. The summed E-state index contributed by atoms with van der Waals surface area (Å²) in [6.45, 7) is 3.06. The fourth-order valence-electron chi connectivity index (χ4n) is 3.50. The summed E-state index contributed by atoms with van der Waals surface area (Å²) in [5, 5.41) is 60.1. The third-order valence-corrected chi connectivity index (χ3v) is 5.40. The van der Waals surface area contributed by atoms with E-state index >= 15 is 0 Å². The molecule has 1 aromatic rings. The summed E-state index contributed by atoms with van der Waals surface area (Å²) in [6, 6.07) is 5.14. The van der Waals surface area contributed by atoms with Crippen molar-refractivity contribution in [2.24, 2.45) is 0 Å². The summed E-state index contributed by atoms with van der Waals surface area (Å²) >= 11 is 0. The van der Waals surface area contributed by atoms with Crippen molar-refractivity contribution in [3.05, 3.63) is 36.4 Å². The monoisotopic (exact) mass is 458 g/mol. The number of rotatable bonds is 8. The van der Waals surface area contributed by atoms with Crippen LogP contribution in [0.1, 0.15) is 5.56 Å². The van der Waals surface area contributed by atoms with Crippen LogP contribution in [0, 0.1) is 0 Å². The van der Waals surface area contributed by atoms with E-state index in [4.69, 9.17) is 23.7 Å². The summed E-state index contributed by atoms with van der Waals surface area (Å²) in [7, 11) is 1.45. The van der Waals surface area contributed by atoms with Crippen LogP contribution in [0.15, 0.2) is 30.9 Å². The molecule has 3 rings (SSSR count). The highest BCUT2D eigenvalue weighted by atomic mass is 16.7. The Morgan fingerprint density at radius 1 is 0.969 bits per heavy atom. The van der Waals surface area contributed by atoms with Crippen molar-refractivity contribution in [3.63, 3.8) is 0 Å². The van der Waals surface area contributed by atoms with Gasteiger partial charge in [0.1, 0.15) is 42.7 Å². The smallest absolute Gasteiger partial charge is 0.229 e. The number of allylic oxidation sites excluding steroid dienone is 1. The van der Waals surface area contributed by atoms with Crippen LogP contribution in [-0.4, -0.2) is 106 Å². The molecular weight excluding hydrogens is 428 g/mol. The second-order valence-electron chi connectivity index (χ2n) is 7.69. The first-order chi connectivity index (χ1) is 15.3. The van der Waals surface area contributed by atoms with Crippen LogP contribution in [0.3, 0.4) is 0 Å². The molecule has 0 spiro atoms. The molecule has 2 saturated heterocycles. The van der Waals surface area contributed by atoms with E-state index in [0.29, 0.717) is 12.2 Å². The summed E-state index contributed by atoms with van der Waals surface area (Å²) in [4.78, 5) is 0. The topological polar surface area (TPSA) is 168 Å². The molecule has 0 bridgehead atoms. The van der Waals surface area contributed by atoms with Crippen LogP contribution < -0.4 is 9.47 Å². The summed E-state index contributed by atoms with van der Waals surface area (Å²) in [5.41, 5.74) is 0.925. The molecule has 2 aliphatic heterocycles. The highest BCUT2D eigenvalue weighted by molar-refractivity contribution is 5.43. The lowest BCUT2D eigenvalue weighted by Crippen LogP contribution is -2.61. The van der Waals surface area contributed by atoms with Gasteiger partial charge in [-0.1, -0.05) is 12.1 Å². The molecule has 9 atom stereocenters. The molecule has 6 N–H and O–H groups in total. The lowest BCUT2D eigenvalue weighted by Gasteiger charge is -2.41. The fourth-order valence-corrected chi connectivity index (χ4v) is 3.50. The van der Waals surface area contributed by atoms with Crippen LogP contribution >= 0.6 is 0 Å². The Labute approximate surface area is 185 Å². The van der Waals surface area contributed by atoms with Gasteiger partial charge in [0, 0.05) is 0 Å². The van der Waals surface area contributed by atoms with Gasteiger partial charge >= 0.3 is 0 Å². The zero-order valence-corrected chi connectivity index (χ0v) is 17.6. The van der Waals surface area contributed by atoms with Crippen molar-refractivity contribution >= 4 is 0 Å². The summed E-state index contributed by atoms with van der Waals surface area (Å²) < 4.78 is 27.2. The molecule has 0 aliphatic carbocycles.